The molecule has 0 saturated heterocycles. The van der Waals surface area contributed by atoms with Crippen molar-refractivity contribution < 1.29 is 14.7 Å². The van der Waals surface area contributed by atoms with Gasteiger partial charge >= 0.3 is 5.97 Å². The zero-order chi connectivity index (χ0) is 15.0. The summed E-state index contributed by atoms with van der Waals surface area (Å²) in [5.41, 5.74) is 1.02. The topological polar surface area (TPSA) is 78.4 Å². The van der Waals surface area contributed by atoms with Crippen molar-refractivity contribution in [1.82, 2.24) is 10.6 Å². The van der Waals surface area contributed by atoms with Gasteiger partial charge in [0.1, 0.15) is 0 Å². The summed E-state index contributed by atoms with van der Waals surface area (Å²) in [6.07, 6.45) is 0.631. The Bertz CT molecular complexity index is 448. The molecule has 0 aliphatic heterocycles. The number of benzene rings is 1. The van der Waals surface area contributed by atoms with Crippen molar-refractivity contribution >= 4 is 23.5 Å². The van der Waals surface area contributed by atoms with Crippen molar-refractivity contribution in [2.24, 2.45) is 0 Å². The first-order valence-electron chi connectivity index (χ1n) is 6.41. The Labute approximate surface area is 123 Å². The second-order valence-electron chi connectivity index (χ2n) is 4.56. The van der Waals surface area contributed by atoms with Crippen LogP contribution < -0.4 is 10.6 Å². The van der Waals surface area contributed by atoms with E-state index < -0.39 is 5.97 Å². The maximum absolute atomic E-state index is 10.9. The van der Waals surface area contributed by atoms with Crippen LogP contribution in [-0.2, 0) is 16.0 Å². The lowest BCUT2D eigenvalue weighted by Gasteiger charge is -2.17. The second-order valence-corrected chi connectivity index (χ2v) is 5.00. The fourth-order valence-electron chi connectivity index (χ4n) is 1.85. The Kier molecular flexibility index (Phi) is 7.04. The van der Waals surface area contributed by atoms with Gasteiger partial charge in [0.25, 0.3) is 0 Å². The van der Waals surface area contributed by atoms with E-state index in [0.29, 0.717) is 24.5 Å². The quantitative estimate of drug-likeness (QED) is 0.635. The van der Waals surface area contributed by atoms with Crippen LogP contribution in [0.1, 0.15) is 18.9 Å². The molecular formula is C14H19ClN2O3. The third-order valence-electron chi connectivity index (χ3n) is 2.75. The highest BCUT2D eigenvalue weighted by molar-refractivity contribution is 6.30. The molecule has 1 rings (SSSR count). The molecule has 20 heavy (non-hydrogen) atoms. The average Bonchev–Trinajstić information content (AvgIpc) is 2.36. The van der Waals surface area contributed by atoms with Crippen molar-refractivity contribution in [3.63, 3.8) is 0 Å². The number of carbonyl (C=O) groups excluding carboxylic acids is 1. The molecule has 110 valence electrons. The van der Waals surface area contributed by atoms with Crippen LogP contribution in [0, 0.1) is 0 Å². The molecule has 0 fully saturated rings. The maximum atomic E-state index is 10.9. The minimum atomic E-state index is -0.851. The summed E-state index contributed by atoms with van der Waals surface area (Å²) in [5, 5.41) is 15.4. The van der Waals surface area contributed by atoms with Gasteiger partial charge in [-0.2, -0.15) is 0 Å². The van der Waals surface area contributed by atoms with Crippen molar-refractivity contribution in [2.75, 3.05) is 13.1 Å². The first-order chi connectivity index (χ1) is 9.47. The van der Waals surface area contributed by atoms with Crippen LogP contribution in [0.5, 0.6) is 0 Å². The number of hydrogen-bond donors (Lipinski definition) is 3. The van der Waals surface area contributed by atoms with E-state index in [0.717, 1.165) is 5.56 Å². The van der Waals surface area contributed by atoms with Crippen LogP contribution in [0.2, 0.25) is 5.02 Å². The molecule has 0 radical (unpaired) electrons. The minimum Gasteiger partial charge on any atom is -0.481 e. The molecule has 0 aliphatic rings. The molecule has 1 atom stereocenters. The van der Waals surface area contributed by atoms with Gasteiger partial charge in [0, 0.05) is 31.1 Å². The van der Waals surface area contributed by atoms with Gasteiger partial charge < -0.3 is 15.7 Å². The molecule has 1 unspecified atom stereocenters. The molecule has 0 aliphatic carbocycles. The summed E-state index contributed by atoms with van der Waals surface area (Å²) in [6, 6.07) is 7.15. The molecule has 5 nitrogen and oxygen atoms in total. The molecule has 0 heterocycles. The van der Waals surface area contributed by atoms with Gasteiger partial charge in [-0.3, -0.25) is 9.59 Å². The first kappa shape index (κ1) is 16.5. The van der Waals surface area contributed by atoms with E-state index in [4.69, 9.17) is 16.7 Å². The maximum Gasteiger partial charge on any atom is 0.304 e. The van der Waals surface area contributed by atoms with E-state index in [2.05, 4.69) is 10.6 Å². The van der Waals surface area contributed by atoms with Crippen molar-refractivity contribution in [3.05, 3.63) is 34.9 Å². The third kappa shape index (κ3) is 7.11. The van der Waals surface area contributed by atoms with E-state index in [1.54, 1.807) is 12.1 Å². The SMILES string of the molecule is CC(=O)NCCNC(CC(=O)O)Cc1ccc(Cl)cc1. The second kappa shape index (κ2) is 8.55. The Morgan fingerprint density at radius 3 is 2.45 bits per heavy atom. The monoisotopic (exact) mass is 298 g/mol. The van der Waals surface area contributed by atoms with Gasteiger partial charge in [-0.05, 0) is 24.1 Å². The zero-order valence-corrected chi connectivity index (χ0v) is 12.1. The predicted molar refractivity (Wildman–Crippen MR) is 77.9 cm³/mol. The molecule has 1 aromatic carbocycles. The Hall–Kier alpha value is -1.59. The van der Waals surface area contributed by atoms with Gasteiger partial charge in [0.2, 0.25) is 5.91 Å². The number of rotatable bonds is 8. The molecule has 0 saturated carbocycles. The van der Waals surface area contributed by atoms with Gasteiger partial charge in [-0.1, -0.05) is 23.7 Å². The van der Waals surface area contributed by atoms with Crippen LogP contribution in [0.3, 0.4) is 0 Å². The summed E-state index contributed by atoms with van der Waals surface area (Å²) in [6.45, 7) is 2.46. The number of aliphatic carboxylic acids is 1. The van der Waals surface area contributed by atoms with Gasteiger partial charge in [0.05, 0.1) is 6.42 Å². The normalized spacial score (nSPS) is 11.9. The number of hydrogen-bond acceptors (Lipinski definition) is 3. The Morgan fingerprint density at radius 1 is 1.25 bits per heavy atom. The molecule has 6 heteroatoms. The summed E-state index contributed by atoms with van der Waals surface area (Å²) in [5.74, 6) is -0.949. The average molecular weight is 299 g/mol. The highest BCUT2D eigenvalue weighted by Gasteiger charge is 2.13. The molecule has 1 amide bonds. The number of nitrogens with one attached hydrogen (secondary N) is 2. The lowest BCUT2D eigenvalue weighted by Crippen LogP contribution is -2.38. The van der Waals surface area contributed by atoms with E-state index in [-0.39, 0.29) is 18.4 Å². The number of halogens is 1. The molecule has 0 aromatic heterocycles. The Balaban J connectivity index is 2.48. The molecule has 0 bridgehead atoms. The number of carboxylic acid groups (broad SMARTS) is 1. The van der Waals surface area contributed by atoms with Crippen molar-refractivity contribution in [3.8, 4) is 0 Å². The number of carboxylic acids is 1. The van der Waals surface area contributed by atoms with Gasteiger partial charge in [0.15, 0.2) is 0 Å². The smallest absolute Gasteiger partial charge is 0.304 e. The highest BCUT2D eigenvalue weighted by atomic mass is 35.5. The summed E-state index contributed by atoms with van der Waals surface area (Å²) < 4.78 is 0. The largest absolute Gasteiger partial charge is 0.481 e. The van der Waals surface area contributed by atoms with E-state index in [1.165, 1.54) is 6.92 Å². The van der Waals surface area contributed by atoms with Crippen LogP contribution in [0.15, 0.2) is 24.3 Å². The van der Waals surface area contributed by atoms with Crippen molar-refractivity contribution in [1.29, 1.82) is 0 Å². The molecule has 0 spiro atoms. The fourth-order valence-corrected chi connectivity index (χ4v) is 1.97. The van der Waals surface area contributed by atoms with Crippen LogP contribution in [-0.4, -0.2) is 36.1 Å². The zero-order valence-electron chi connectivity index (χ0n) is 11.4. The van der Waals surface area contributed by atoms with Gasteiger partial charge in [-0.15, -0.1) is 0 Å². The fraction of sp³-hybridized carbons (Fsp3) is 0.429. The van der Waals surface area contributed by atoms with Gasteiger partial charge in [-0.25, -0.2) is 0 Å². The minimum absolute atomic E-state index is 0.0305. The summed E-state index contributed by atoms with van der Waals surface area (Å²) >= 11 is 5.81. The summed E-state index contributed by atoms with van der Waals surface area (Å²) in [4.78, 5) is 21.6. The standard InChI is InChI=1S/C14H19ClN2O3/c1-10(18)16-6-7-17-13(9-14(19)20)8-11-2-4-12(15)5-3-11/h2-5,13,17H,6-9H2,1H3,(H,16,18)(H,19,20). The van der Waals surface area contributed by atoms with E-state index in [1.807, 2.05) is 12.1 Å². The number of amides is 1. The molecule has 3 N–H and O–H groups in total. The summed E-state index contributed by atoms with van der Waals surface area (Å²) in [7, 11) is 0. The number of carbonyl (C=O) groups is 2. The first-order valence-corrected chi connectivity index (χ1v) is 6.79. The third-order valence-corrected chi connectivity index (χ3v) is 3.00. The van der Waals surface area contributed by atoms with Crippen LogP contribution in [0.4, 0.5) is 0 Å². The lowest BCUT2D eigenvalue weighted by atomic mass is 10.0. The van der Waals surface area contributed by atoms with Crippen molar-refractivity contribution in [2.45, 2.75) is 25.8 Å². The molecule has 1 aromatic rings. The van der Waals surface area contributed by atoms with E-state index >= 15 is 0 Å². The molecular weight excluding hydrogens is 280 g/mol. The lowest BCUT2D eigenvalue weighted by molar-refractivity contribution is -0.137. The van der Waals surface area contributed by atoms with E-state index in [9.17, 15) is 9.59 Å². The van der Waals surface area contributed by atoms with Crippen LogP contribution in [0.25, 0.3) is 0 Å². The highest BCUT2D eigenvalue weighted by Crippen LogP contribution is 2.12. The van der Waals surface area contributed by atoms with Crippen LogP contribution >= 0.6 is 11.6 Å². The Morgan fingerprint density at radius 2 is 1.90 bits per heavy atom. The predicted octanol–water partition coefficient (Wildman–Crippen LogP) is 1.45.